The second kappa shape index (κ2) is 10.2. The van der Waals surface area contributed by atoms with E-state index in [1.807, 2.05) is 12.1 Å². The van der Waals surface area contributed by atoms with Crippen LogP contribution in [0.25, 0.3) is 0 Å². The molecule has 2 aromatic carbocycles. The number of halogens is 1. The molecule has 0 aromatic heterocycles. The van der Waals surface area contributed by atoms with Gasteiger partial charge >= 0.3 is 0 Å². The Balaban J connectivity index is 1.54. The second-order valence-electron chi connectivity index (χ2n) is 6.61. The van der Waals surface area contributed by atoms with E-state index in [9.17, 15) is 9.59 Å². The van der Waals surface area contributed by atoms with Crippen LogP contribution in [0.4, 0.5) is 5.69 Å². The molecule has 1 heterocycles. The van der Waals surface area contributed by atoms with E-state index in [0.29, 0.717) is 22.8 Å². The molecule has 2 amide bonds. The van der Waals surface area contributed by atoms with Crippen molar-refractivity contribution in [1.29, 1.82) is 0 Å². The van der Waals surface area contributed by atoms with E-state index in [2.05, 4.69) is 15.5 Å². The van der Waals surface area contributed by atoms with E-state index in [1.54, 1.807) is 36.4 Å². The Morgan fingerprint density at radius 3 is 2.50 bits per heavy atom. The molecule has 2 aromatic rings. The highest BCUT2D eigenvalue weighted by Crippen LogP contribution is 2.16. The lowest BCUT2D eigenvalue weighted by molar-refractivity contribution is -0.115. The molecule has 0 spiro atoms. The topological polar surface area (TPSA) is 70.7 Å². The van der Waals surface area contributed by atoms with Crippen LogP contribution >= 0.6 is 11.6 Å². The van der Waals surface area contributed by atoms with Crippen molar-refractivity contribution >= 4 is 29.1 Å². The maximum absolute atomic E-state index is 12.6. The Labute approximate surface area is 169 Å². The van der Waals surface area contributed by atoms with Crippen LogP contribution in [0.3, 0.4) is 0 Å². The summed E-state index contributed by atoms with van der Waals surface area (Å²) in [6.45, 7) is 4.55. The number of hydrogen-bond donors (Lipinski definition) is 2. The van der Waals surface area contributed by atoms with Crippen molar-refractivity contribution < 1.29 is 14.3 Å². The third kappa shape index (κ3) is 6.05. The molecule has 1 aliphatic rings. The summed E-state index contributed by atoms with van der Waals surface area (Å²) in [6, 6.07) is 14.1. The molecular formula is C21H24ClN3O3. The molecule has 0 bridgehead atoms. The van der Waals surface area contributed by atoms with Crippen molar-refractivity contribution in [1.82, 2.24) is 10.2 Å². The van der Waals surface area contributed by atoms with Gasteiger partial charge in [0.15, 0.2) is 0 Å². The summed E-state index contributed by atoms with van der Waals surface area (Å²) in [5.41, 5.74) is 1.81. The fourth-order valence-corrected chi connectivity index (χ4v) is 3.15. The van der Waals surface area contributed by atoms with Crippen LogP contribution in [-0.2, 0) is 16.0 Å². The summed E-state index contributed by atoms with van der Waals surface area (Å²) < 4.78 is 5.32. The third-order valence-corrected chi connectivity index (χ3v) is 4.79. The summed E-state index contributed by atoms with van der Waals surface area (Å²) >= 11 is 5.87. The van der Waals surface area contributed by atoms with Crippen LogP contribution in [0, 0.1) is 0 Å². The highest BCUT2D eigenvalue weighted by atomic mass is 35.5. The highest BCUT2D eigenvalue weighted by Gasteiger charge is 2.14. The number of amides is 2. The van der Waals surface area contributed by atoms with Gasteiger partial charge in [0, 0.05) is 31.2 Å². The first kappa shape index (κ1) is 20.3. The van der Waals surface area contributed by atoms with Gasteiger partial charge in [-0.3, -0.25) is 14.5 Å². The number of morpholine rings is 1. The number of benzene rings is 2. The average Bonchev–Trinajstić information content (AvgIpc) is 2.71. The van der Waals surface area contributed by atoms with Crippen molar-refractivity contribution in [3.63, 3.8) is 0 Å². The fourth-order valence-electron chi connectivity index (χ4n) is 3.02. The predicted octanol–water partition coefficient (Wildman–Crippen LogP) is 2.58. The molecule has 3 rings (SSSR count). The van der Waals surface area contributed by atoms with E-state index in [1.165, 1.54) is 0 Å². The molecule has 0 saturated carbocycles. The first-order chi connectivity index (χ1) is 13.6. The Kier molecular flexibility index (Phi) is 7.42. The Morgan fingerprint density at radius 1 is 1.04 bits per heavy atom. The van der Waals surface area contributed by atoms with Crippen molar-refractivity contribution in [2.75, 3.05) is 44.7 Å². The normalized spacial score (nSPS) is 14.5. The first-order valence-corrected chi connectivity index (χ1v) is 9.71. The van der Waals surface area contributed by atoms with Gasteiger partial charge in [0.05, 0.1) is 30.9 Å². The minimum absolute atomic E-state index is 0.184. The molecule has 148 valence electrons. The van der Waals surface area contributed by atoms with E-state index in [4.69, 9.17) is 16.3 Å². The third-order valence-electron chi connectivity index (χ3n) is 4.54. The summed E-state index contributed by atoms with van der Waals surface area (Å²) in [5, 5.41) is 6.39. The molecule has 0 unspecified atom stereocenters. The molecule has 0 aliphatic carbocycles. The summed E-state index contributed by atoms with van der Waals surface area (Å²) in [6.07, 6.45) is 0.212. The van der Waals surface area contributed by atoms with Crippen molar-refractivity contribution in [3.05, 3.63) is 64.7 Å². The van der Waals surface area contributed by atoms with Crippen LogP contribution in [0.1, 0.15) is 15.9 Å². The number of nitrogens with one attached hydrogen (secondary N) is 2. The number of anilines is 1. The van der Waals surface area contributed by atoms with Gasteiger partial charge in [-0.25, -0.2) is 0 Å². The van der Waals surface area contributed by atoms with E-state index in [-0.39, 0.29) is 18.2 Å². The largest absolute Gasteiger partial charge is 0.379 e. The zero-order valence-electron chi connectivity index (χ0n) is 15.6. The molecule has 1 fully saturated rings. The standard InChI is InChI=1S/C21H24ClN3O3/c22-17-7-5-16(6-8-17)15-20(26)24-19-4-2-1-3-18(19)21(27)23-9-10-25-11-13-28-14-12-25/h1-8H,9-15H2,(H,23,27)(H,24,26). The molecule has 1 saturated heterocycles. The lowest BCUT2D eigenvalue weighted by Gasteiger charge is -2.26. The van der Waals surface area contributed by atoms with Gasteiger partial charge < -0.3 is 15.4 Å². The van der Waals surface area contributed by atoms with E-state index >= 15 is 0 Å². The lowest BCUT2D eigenvalue weighted by Crippen LogP contribution is -2.41. The molecule has 2 N–H and O–H groups in total. The zero-order valence-corrected chi connectivity index (χ0v) is 16.4. The maximum Gasteiger partial charge on any atom is 0.253 e. The Bertz CT molecular complexity index is 805. The van der Waals surface area contributed by atoms with Crippen LogP contribution in [0.15, 0.2) is 48.5 Å². The molecule has 1 aliphatic heterocycles. The quantitative estimate of drug-likeness (QED) is 0.748. The Morgan fingerprint density at radius 2 is 1.75 bits per heavy atom. The van der Waals surface area contributed by atoms with Crippen molar-refractivity contribution in [3.8, 4) is 0 Å². The monoisotopic (exact) mass is 401 g/mol. The van der Waals surface area contributed by atoms with E-state index in [0.717, 1.165) is 38.4 Å². The molecule has 0 atom stereocenters. The maximum atomic E-state index is 12.6. The fraction of sp³-hybridized carbons (Fsp3) is 0.333. The van der Waals surface area contributed by atoms with Gasteiger partial charge in [-0.1, -0.05) is 35.9 Å². The number of para-hydroxylation sites is 1. The summed E-state index contributed by atoms with van der Waals surface area (Å²) in [4.78, 5) is 27.2. The van der Waals surface area contributed by atoms with Gasteiger partial charge in [-0.05, 0) is 29.8 Å². The van der Waals surface area contributed by atoms with Crippen molar-refractivity contribution in [2.24, 2.45) is 0 Å². The number of nitrogens with zero attached hydrogens (tertiary/aromatic N) is 1. The van der Waals surface area contributed by atoms with Gasteiger partial charge in [0.1, 0.15) is 0 Å². The average molecular weight is 402 g/mol. The predicted molar refractivity (Wildman–Crippen MR) is 110 cm³/mol. The highest BCUT2D eigenvalue weighted by molar-refractivity contribution is 6.30. The van der Waals surface area contributed by atoms with Crippen molar-refractivity contribution in [2.45, 2.75) is 6.42 Å². The molecule has 28 heavy (non-hydrogen) atoms. The van der Waals surface area contributed by atoms with Gasteiger partial charge in [-0.15, -0.1) is 0 Å². The van der Waals surface area contributed by atoms with E-state index < -0.39 is 0 Å². The summed E-state index contributed by atoms with van der Waals surface area (Å²) in [5.74, 6) is -0.383. The molecule has 0 radical (unpaired) electrons. The minimum atomic E-state index is -0.198. The zero-order chi connectivity index (χ0) is 19.8. The van der Waals surface area contributed by atoms with Gasteiger partial charge in [0.25, 0.3) is 5.91 Å². The first-order valence-electron chi connectivity index (χ1n) is 9.33. The Hall–Kier alpha value is -2.41. The number of carbonyl (C=O) groups excluding carboxylic acids is 2. The van der Waals surface area contributed by atoms with Crippen LogP contribution in [0.5, 0.6) is 0 Å². The van der Waals surface area contributed by atoms with Crippen LogP contribution in [-0.4, -0.2) is 56.1 Å². The number of carbonyl (C=O) groups is 2. The smallest absolute Gasteiger partial charge is 0.253 e. The minimum Gasteiger partial charge on any atom is -0.379 e. The van der Waals surface area contributed by atoms with Crippen LogP contribution < -0.4 is 10.6 Å². The van der Waals surface area contributed by atoms with Gasteiger partial charge in [-0.2, -0.15) is 0 Å². The van der Waals surface area contributed by atoms with Crippen LogP contribution in [0.2, 0.25) is 5.02 Å². The molecular weight excluding hydrogens is 378 g/mol. The number of hydrogen-bond acceptors (Lipinski definition) is 4. The number of ether oxygens (including phenoxy) is 1. The SMILES string of the molecule is O=C(Cc1ccc(Cl)cc1)Nc1ccccc1C(=O)NCCN1CCOCC1. The molecule has 7 heteroatoms. The second-order valence-corrected chi connectivity index (χ2v) is 7.04. The lowest BCUT2D eigenvalue weighted by atomic mass is 10.1. The summed E-state index contributed by atoms with van der Waals surface area (Å²) in [7, 11) is 0. The van der Waals surface area contributed by atoms with Gasteiger partial charge in [0.2, 0.25) is 5.91 Å². The number of rotatable bonds is 7. The molecule has 6 nitrogen and oxygen atoms in total.